The van der Waals surface area contributed by atoms with Crippen molar-refractivity contribution in [2.45, 2.75) is 12.5 Å². The summed E-state index contributed by atoms with van der Waals surface area (Å²) in [6, 6.07) is 0. The molecule has 3 aliphatic rings. The Balaban J connectivity index is 2.05. The number of carbonyl (C=O) groups excluding carboxylic acids is 1. The van der Waals surface area contributed by atoms with E-state index in [2.05, 4.69) is 12.2 Å². The summed E-state index contributed by atoms with van der Waals surface area (Å²) in [6.45, 7) is 0. The predicted molar refractivity (Wildman–Crippen MR) is 47.9 cm³/mol. The van der Waals surface area contributed by atoms with E-state index >= 15 is 0 Å². The van der Waals surface area contributed by atoms with E-state index in [9.17, 15) is 9.90 Å². The van der Waals surface area contributed by atoms with Gasteiger partial charge in [0.25, 0.3) is 0 Å². The fraction of sp³-hybridized carbons (Fsp3) is 0.545. The SMILES string of the molecule is O=C1C=CC(O)C2C3C=CC(C3)C12. The highest BCUT2D eigenvalue weighted by molar-refractivity contribution is 5.94. The molecule has 1 fully saturated rings. The number of aliphatic hydroxyl groups excluding tert-OH is 1. The molecule has 0 aromatic heterocycles. The second kappa shape index (κ2) is 2.32. The van der Waals surface area contributed by atoms with Gasteiger partial charge in [-0.15, -0.1) is 0 Å². The van der Waals surface area contributed by atoms with E-state index in [-0.39, 0.29) is 17.6 Å². The Morgan fingerprint density at radius 1 is 1.23 bits per heavy atom. The smallest absolute Gasteiger partial charge is 0.159 e. The molecule has 0 radical (unpaired) electrons. The standard InChI is InChI=1S/C11H12O2/c12-8-3-4-9(13)11-7-2-1-6(5-7)10(8)11/h1-4,6-8,10-12H,5H2. The number of fused-ring (bicyclic) bond motifs is 5. The van der Waals surface area contributed by atoms with Gasteiger partial charge in [0.15, 0.2) is 5.78 Å². The minimum Gasteiger partial charge on any atom is -0.389 e. The highest BCUT2D eigenvalue weighted by Crippen LogP contribution is 2.51. The van der Waals surface area contributed by atoms with Crippen molar-refractivity contribution in [2.75, 3.05) is 0 Å². The number of ketones is 1. The van der Waals surface area contributed by atoms with Crippen LogP contribution in [0.25, 0.3) is 0 Å². The number of carbonyl (C=O) groups is 1. The highest BCUT2D eigenvalue weighted by atomic mass is 16.3. The number of hydrogen-bond donors (Lipinski definition) is 1. The van der Waals surface area contributed by atoms with Crippen molar-refractivity contribution in [1.29, 1.82) is 0 Å². The average Bonchev–Trinajstić information content (AvgIpc) is 2.70. The summed E-state index contributed by atoms with van der Waals surface area (Å²) in [5.74, 6) is 1.32. The number of hydrogen-bond acceptors (Lipinski definition) is 2. The highest BCUT2D eigenvalue weighted by Gasteiger charge is 2.50. The van der Waals surface area contributed by atoms with Crippen LogP contribution >= 0.6 is 0 Å². The first-order valence-electron chi connectivity index (χ1n) is 4.86. The zero-order valence-corrected chi connectivity index (χ0v) is 7.26. The molecule has 3 rings (SSSR count). The van der Waals surface area contributed by atoms with Crippen LogP contribution in [0.5, 0.6) is 0 Å². The molecule has 0 heterocycles. The summed E-state index contributed by atoms with van der Waals surface area (Å²) in [4.78, 5) is 11.6. The van der Waals surface area contributed by atoms with Gasteiger partial charge >= 0.3 is 0 Å². The van der Waals surface area contributed by atoms with Crippen LogP contribution in [-0.4, -0.2) is 17.0 Å². The van der Waals surface area contributed by atoms with E-state index in [0.29, 0.717) is 11.8 Å². The molecule has 1 saturated carbocycles. The first kappa shape index (κ1) is 7.51. The average molecular weight is 176 g/mol. The van der Waals surface area contributed by atoms with Gasteiger partial charge < -0.3 is 5.11 Å². The second-order valence-electron chi connectivity index (χ2n) is 4.30. The van der Waals surface area contributed by atoms with Crippen molar-refractivity contribution in [3.05, 3.63) is 24.3 Å². The van der Waals surface area contributed by atoms with Gasteiger partial charge in [-0.3, -0.25) is 4.79 Å². The van der Waals surface area contributed by atoms with Crippen molar-refractivity contribution in [1.82, 2.24) is 0 Å². The molecule has 2 nitrogen and oxygen atoms in total. The topological polar surface area (TPSA) is 37.3 Å². The molecule has 1 N–H and O–H groups in total. The molecule has 2 bridgehead atoms. The van der Waals surface area contributed by atoms with Crippen LogP contribution in [0.1, 0.15) is 6.42 Å². The summed E-state index contributed by atoms with van der Waals surface area (Å²) in [5.41, 5.74) is 0. The minimum atomic E-state index is -0.400. The van der Waals surface area contributed by atoms with Gasteiger partial charge in [0.05, 0.1) is 6.10 Å². The van der Waals surface area contributed by atoms with Crippen LogP contribution in [0.3, 0.4) is 0 Å². The second-order valence-corrected chi connectivity index (χ2v) is 4.30. The lowest BCUT2D eigenvalue weighted by molar-refractivity contribution is -0.122. The van der Waals surface area contributed by atoms with Gasteiger partial charge in [0, 0.05) is 11.8 Å². The quantitative estimate of drug-likeness (QED) is 0.557. The van der Waals surface area contributed by atoms with E-state index in [1.807, 2.05) is 0 Å². The van der Waals surface area contributed by atoms with Gasteiger partial charge in [-0.2, -0.15) is 0 Å². The lowest BCUT2D eigenvalue weighted by atomic mass is 9.74. The summed E-state index contributed by atoms with van der Waals surface area (Å²) < 4.78 is 0. The third-order valence-electron chi connectivity index (χ3n) is 3.70. The van der Waals surface area contributed by atoms with Crippen molar-refractivity contribution in [2.24, 2.45) is 23.7 Å². The van der Waals surface area contributed by atoms with Crippen LogP contribution in [0, 0.1) is 23.7 Å². The lowest BCUT2D eigenvalue weighted by Crippen LogP contribution is -2.37. The van der Waals surface area contributed by atoms with Crippen molar-refractivity contribution in [3.63, 3.8) is 0 Å². The molecule has 3 aliphatic carbocycles. The van der Waals surface area contributed by atoms with Gasteiger partial charge in [0.1, 0.15) is 0 Å². The van der Waals surface area contributed by atoms with Gasteiger partial charge in [-0.1, -0.05) is 18.2 Å². The molecule has 5 unspecified atom stereocenters. The van der Waals surface area contributed by atoms with E-state index in [1.54, 1.807) is 12.2 Å². The van der Waals surface area contributed by atoms with Gasteiger partial charge in [0.2, 0.25) is 0 Å². The lowest BCUT2D eigenvalue weighted by Gasteiger charge is -2.31. The Hall–Kier alpha value is -0.890. The molecule has 5 atom stereocenters. The van der Waals surface area contributed by atoms with Crippen molar-refractivity contribution < 1.29 is 9.90 Å². The molecule has 0 saturated heterocycles. The van der Waals surface area contributed by atoms with Crippen LogP contribution in [0.4, 0.5) is 0 Å². The largest absolute Gasteiger partial charge is 0.389 e. The van der Waals surface area contributed by atoms with Crippen LogP contribution in [0.2, 0.25) is 0 Å². The van der Waals surface area contributed by atoms with E-state index in [4.69, 9.17) is 0 Å². The molecule has 0 aliphatic heterocycles. The molecule has 13 heavy (non-hydrogen) atoms. The maximum absolute atomic E-state index is 11.6. The molecule has 68 valence electrons. The van der Waals surface area contributed by atoms with E-state index in [0.717, 1.165) is 6.42 Å². The molecule has 0 amide bonds. The Morgan fingerprint density at radius 2 is 2.00 bits per heavy atom. The normalized spacial score (nSPS) is 51.5. The minimum absolute atomic E-state index is 0.0787. The van der Waals surface area contributed by atoms with Crippen LogP contribution < -0.4 is 0 Å². The molecule has 0 aromatic carbocycles. The fourth-order valence-corrected chi connectivity index (χ4v) is 3.16. The maximum atomic E-state index is 11.6. The summed E-state index contributed by atoms with van der Waals surface area (Å²) in [7, 11) is 0. The Kier molecular flexibility index (Phi) is 1.34. The van der Waals surface area contributed by atoms with Gasteiger partial charge in [-0.25, -0.2) is 0 Å². The third-order valence-corrected chi connectivity index (χ3v) is 3.70. The predicted octanol–water partition coefficient (Wildman–Crippen LogP) is 0.924. The van der Waals surface area contributed by atoms with E-state index in [1.165, 1.54) is 0 Å². The Labute approximate surface area is 76.9 Å². The molecular weight excluding hydrogens is 164 g/mol. The first-order chi connectivity index (χ1) is 6.27. The third kappa shape index (κ3) is 0.841. The first-order valence-corrected chi connectivity index (χ1v) is 4.86. The monoisotopic (exact) mass is 176 g/mol. The number of rotatable bonds is 0. The molecule has 0 spiro atoms. The molecule has 0 aromatic rings. The van der Waals surface area contributed by atoms with Crippen molar-refractivity contribution >= 4 is 5.78 Å². The van der Waals surface area contributed by atoms with Gasteiger partial charge in [-0.05, 0) is 24.3 Å². The summed E-state index contributed by atoms with van der Waals surface area (Å²) in [5, 5.41) is 9.75. The van der Waals surface area contributed by atoms with Crippen LogP contribution in [-0.2, 0) is 4.79 Å². The van der Waals surface area contributed by atoms with E-state index < -0.39 is 6.10 Å². The zero-order valence-electron chi connectivity index (χ0n) is 7.26. The molecule has 2 heteroatoms. The summed E-state index contributed by atoms with van der Waals surface area (Å²) in [6.07, 6.45) is 8.19. The Morgan fingerprint density at radius 3 is 2.77 bits per heavy atom. The maximum Gasteiger partial charge on any atom is 0.159 e. The number of aliphatic hydroxyl groups is 1. The van der Waals surface area contributed by atoms with Crippen molar-refractivity contribution in [3.8, 4) is 0 Å². The Bertz CT molecular complexity index is 316. The number of allylic oxidation sites excluding steroid dienone is 3. The zero-order chi connectivity index (χ0) is 9.00. The fourth-order valence-electron chi connectivity index (χ4n) is 3.16. The molecular formula is C11H12O2. The summed E-state index contributed by atoms with van der Waals surface area (Å²) >= 11 is 0. The van der Waals surface area contributed by atoms with Crippen LogP contribution in [0.15, 0.2) is 24.3 Å².